The van der Waals surface area contributed by atoms with Crippen LogP contribution in [0.4, 0.5) is 0 Å². The van der Waals surface area contributed by atoms with E-state index in [0.29, 0.717) is 37.9 Å². The molecular weight excluding hydrogens is 1650 g/mol. The fourth-order valence-electron chi connectivity index (χ4n) is 20.3. The van der Waals surface area contributed by atoms with E-state index in [4.69, 9.17) is 42.6 Å². The molecule has 732 valence electrons. The van der Waals surface area contributed by atoms with Gasteiger partial charge in [0.25, 0.3) is 0 Å². The predicted molar refractivity (Wildman–Crippen MR) is 514 cm³/mol. The number of carbonyl (C=O) groups is 9. The van der Waals surface area contributed by atoms with Crippen LogP contribution >= 0.6 is 15.9 Å². The number of unbranched alkanes of at least 4 members (excludes halogenated alkanes) is 8. The molecule has 0 aromatic heterocycles. The first-order valence-corrected chi connectivity index (χ1v) is 51.9. The minimum absolute atomic E-state index is 0.00272. The van der Waals surface area contributed by atoms with Gasteiger partial charge in [0.1, 0.15) is 10.1 Å². The van der Waals surface area contributed by atoms with E-state index < -0.39 is 127 Å². The molecule has 0 fully saturated rings. The molecule has 2 bridgehead atoms. The van der Waals surface area contributed by atoms with Gasteiger partial charge in [-0.15, -0.1) is 0 Å². The van der Waals surface area contributed by atoms with E-state index >= 15 is 38.4 Å². The standard InChI is InChI=1S/C107H189BrO18/c1-27-43-51-79(35-9)63-118-91(110)100(19,71-99(17,18)90(109)126-89-62-87-59-60-88(89)61-87)72-101(20,92(111)119-64-80(36-10)52-44-28-2)73-102(21,93(112)120-65-81(37-11)53-45-29-3)74-103(22,94(113)121-66-82(38-12)54-46-30-4)75-104(23,95(114)122-67-83(39-13)55-47-31-5)76-105(24,96(115)123-68-84(40-14)56-48-32-6)77-106(25,97(116)124-69-85(41-15)57-49-33-7)78-107(26,108)98(117)125-70-86(42-16)58-50-34-8/h59-60,62,79-88H,27-58,61,63-78H2,1-26H3. The third kappa shape index (κ3) is 39.2. The third-order valence-corrected chi connectivity index (χ3v) is 29.3. The molecule has 0 aromatic carbocycles. The van der Waals surface area contributed by atoms with E-state index in [1.165, 1.54) is 0 Å². The van der Waals surface area contributed by atoms with Crippen molar-refractivity contribution in [3.63, 3.8) is 0 Å². The van der Waals surface area contributed by atoms with Crippen LogP contribution in [-0.2, 0) is 85.8 Å². The molecule has 0 spiro atoms. The molecule has 0 aliphatic heterocycles. The molecule has 0 saturated carbocycles. The summed E-state index contributed by atoms with van der Waals surface area (Å²) in [7, 11) is 0. The minimum atomic E-state index is -1.95. The monoisotopic (exact) mass is 1840 g/mol. The van der Waals surface area contributed by atoms with Crippen LogP contribution in [0, 0.1) is 102 Å². The second-order valence-corrected chi connectivity index (χ2v) is 44.1. The van der Waals surface area contributed by atoms with Crippen LogP contribution in [-0.4, -0.2) is 111 Å². The van der Waals surface area contributed by atoms with Crippen LogP contribution in [0.3, 0.4) is 0 Å². The molecule has 0 amide bonds. The van der Waals surface area contributed by atoms with Crippen LogP contribution in [0.1, 0.15) is 443 Å². The number of rotatable bonds is 74. The van der Waals surface area contributed by atoms with E-state index in [9.17, 15) is 4.79 Å². The Labute approximate surface area is 777 Å². The zero-order valence-corrected chi connectivity index (χ0v) is 87.0. The highest BCUT2D eigenvalue weighted by atomic mass is 79.9. The number of halogens is 1. The van der Waals surface area contributed by atoms with Crippen LogP contribution in [0.5, 0.6) is 0 Å². The summed E-state index contributed by atoms with van der Waals surface area (Å²) in [5.74, 6) is -5.55. The maximum atomic E-state index is 16.9. The average molecular weight is 1840 g/mol. The summed E-state index contributed by atoms with van der Waals surface area (Å²) in [6.45, 7) is 51.2. The maximum absolute atomic E-state index is 16.9. The largest absolute Gasteiger partial charge is 0.465 e. The first-order valence-electron chi connectivity index (χ1n) is 51.1. The van der Waals surface area contributed by atoms with Gasteiger partial charge in [0, 0.05) is 5.92 Å². The Kier molecular flexibility index (Phi) is 54.9. The summed E-state index contributed by atoms with van der Waals surface area (Å²) in [5.41, 5.74) is -14.3. The van der Waals surface area contributed by atoms with Gasteiger partial charge in [-0.2, -0.15) is 0 Å². The molecule has 126 heavy (non-hydrogen) atoms. The van der Waals surface area contributed by atoms with Gasteiger partial charge in [-0.1, -0.05) is 293 Å². The van der Waals surface area contributed by atoms with Crippen molar-refractivity contribution in [3.8, 4) is 0 Å². The molecule has 18 unspecified atom stereocenters. The number of hydrogen-bond acceptors (Lipinski definition) is 18. The molecule has 0 radical (unpaired) electrons. The van der Waals surface area contributed by atoms with Crippen LogP contribution in [0.15, 0.2) is 24.0 Å². The lowest BCUT2D eigenvalue weighted by atomic mass is 9.56. The smallest absolute Gasteiger partial charge is 0.322 e. The fraction of sp³-hybridized carbons (Fsp3) is 0.879. The van der Waals surface area contributed by atoms with Gasteiger partial charge >= 0.3 is 53.7 Å². The summed E-state index contributed by atoms with van der Waals surface area (Å²) in [4.78, 5) is 146. The van der Waals surface area contributed by atoms with Crippen molar-refractivity contribution in [2.24, 2.45) is 102 Å². The van der Waals surface area contributed by atoms with E-state index in [1.807, 2.05) is 6.08 Å². The first kappa shape index (κ1) is 117. The minimum Gasteiger partial charge on any atom is -0.465 e. The molecule has 0 heterocycles. The van der Waals surface area contributed by atoms with Gasteiger partial charge in [0.2, 0.25) is 0 Å². The van der Waals surface area contributed by atoms with Gasteiger partial charge in [-0.05, 0) is 238 Å². The Morgan fingerprint density at radius 3 is 0.643 bits per heavy atom. The molecule has 18 atom stereocenters. The van der Waals surface area contributed by atoms with Crippen molar-refractivity contribution >= 4 is 69.7 Å². The van der Waals surface area contributed by atoms with E-state index in [-0.39, 0.29) is 138 Å². The SMILES string of the molecule is CCCCC(CC)COC(=O)C(C)(Br)CC(C)(CC(C)(CC(C)(CC(C)(CC(C)(CC(C)(CC(C)(CC(C)(C)C(=O)OC1=CC2C=CC1C2)C(=O)OCC(CC)CCCC)C(=O)OCC(CC)CCCC)C(=O)OCC(CC)CCCC)C(=O)OCC(CC)CCCC)C(=O)OCC(CC)CCCC)C(=O)OCC(CC)CCCC)C(=O)OCC(CC)CCCC. The number of carbonyl (C=O) groups excluding carboxylic acids is 9. The van der Waals surface area contributed by atoms with Crippen LogP contribution in [0.25, 0.3) is 0 Å². The Bertz CT molecular complexity index is 3250. The summed E-state index contributed by atoms with van der Waals surface area (Å²) in [6.07, 6.45) is 30.9. The Morgan fingerprint density at radius 2 is 0.468 bits per heavy atom. The number of allylic oxidation sites excluding steroid dienone is 3. The van der Waals surface area contributed by atoms with Crippen molar-refractivity contribution in [3.05, 3.63) is 24.0 Å². The van der Waals surface area contributed by atoms with Crippen LogP contribution in [0.2, 0.25) is 0 Å². The lowest BCUT2D eigenvalue weighted by molar-refractivity contribution is -0.178. The lowest BCUT2D eigenvalue weighted by Gasteiger charge is -2.47. The van der Waals surface area contributed by atoms with Crippen molar-refractivity contribution < 1.29 is 85.8 Å². The van der Waals surface area contributed by atoms with Gasteiger partial charge in [-0.3, -0.25) is 43.2 Å². The van der Waals surface area contributed by atoms with Crippen molar-refractivity contribution in [1.29, 1.82) is 0 Å². The highest BCUT2D eigenvalue weighted by Gasteiger charge is 2.61. The van der Waals surface area contributed by atoms with E-state index in [1.54, 1.807) is 69.2 Å². The molecule has 2 rings (SSSR count). The second-order valence-electron chi connectivity index (χ2n) is 42.4. The highest BCUT2D eigenvalue weighted by Crippen LogP contribution is 2.57. The molecule has 0 N–H and O–H groups in total. The molecular formula is C107H189BrO18. The van der Waals surface area contributed by atoms with Gasteiger partial charge < -0.3 is 42.6 Å². The molecule has 2 aliphatic rings. The molecule has 0 aromatic rings. The normalized spacial score (nSPS) is 19.7. The van der Waals surface area contributed by atoms with Crippen molar-refractivity contribution in [2.75, 3.05) is 52.9 Å². The topological polar surface area (TPSA) is 237 Å². The summed E-state index contributed by atoms with van der Waals surface area (Å²) >= 11 is 3.85. The van der Waals surface area contributed by atoms with Crippen molar-refractivity contribution in [1.82, 2.24) is 0 Å². The average Bonchev–Trinajstić information content (AvgIpc) is 0.880. The number of hydrogen-bond donors (Lipinski definition) is 0. The van der Waals surface area contributed by atoms with Crippen molar-refractivity contribution in [2.45, 2.75) is 448 Å². The summed E-state index contributed by atoms with van der Waals surface area (Å²) in [6, 6.07) is 0. The number of fused-ring (bicyclic) bond motifs is 2. The van der Waals surface area contributed by atoms with E-state index in [0.717, 1.165) is 180 Å². The zero-order valence-electron chi connectivity index (χ0n) is 85.4. The Hall–Kier alpha value is -4.81. The Morgan fingerprint density at radius 1 is 0.278 bits per heavy atom. The second kappa shape index (κ2) is 58.9. The Balaban J connectivity index is 3.68. The third-order valence-electron chi connectivity index (χ3n) is 28.7. The first-order chi connectivity index (χ1) is 59.4. The van der Waals surface area contributed by atoms with Gasteiger partial charge in [-0.25, -0.2) is 0 Å². The quantitative estimate of drug-likeness (QED) is 0.0238. The van der Waals surface area contributed by atoms with Gasteiger partial charge in [0.05, 0.1) is 96.2 Å². The summed E-state index contributed by atoms with van der Waals surface area (Å²) in [5, 5.41) is 0. The van der Waals surface area contributed by atoms with Gasteiger partial charge in [0.15, 0.2) is 0 Å². The maximum Gasteiger partial charge on any atom is 0.322 e. The summed E-state index contributed by atoms with van der Waals surface area (Å²) < 4.78 is 58.0. The lowest BCUT2D eigenvalue weighted by Crippen LogP contribution is -2.51. The zero-order chi connectivity index (χ0) is 95.2. The number of esters is 9. The molecule has 19 heteroatoms. The van der Waals surface area contributed by atoms with E-state index in [2.05, 4.69) is 139 Å². The molecule has 2 aliphatic carbocycles. The molecule has 18 nitrogen and oxygen atoms in total. The number of ether oxygens (including phenoxy) is 9. The number of alkyl halides is 1. The highest BCUT2D eigenvalue weighted by molar-refractivity contribution is 9.10. The predicted octanol–water partition coefficient (Wildman–Crippen LogP) is 28.0. The fourth-order valence-corrected chi connectivity index (χ4v) is 21.1. The molecule has 0 saturated heterocycles. The van der Waals surface area contributed by atoms with Crippen LogP contribution < -0.4 is 0 Å².